The minimum atomic E-state index is -0.335. The van der Waals surface area contributed by atoms with Crippen molar-refractivity contribution in [1.29, 1.82) is 0 Å². The zero-order valence-corrected chi connectivity index (χ0v) is 9.37. The SMILES string of the molecule is O=C(CNC1(CO)CC1)Nc1ccc(F)cc1. The van der Waals surface area contributed by atoms with E-state index < -0.39 is 0 Å². The highest BCUT2D eigenvalue weighted by molar-refractivity contribution is 5.92. The van der Waals surface area contributed by atoms with Gasteiger partial charge in [0.1, 0.15) is 5.82 Å². The van der Waals surface area contributed by atoms with Crippen molar-refractivity contribution in [1.82, 2.24) is 5.32 Å². The molecule has 0 radical (unpaired) electrons. The molecule has 4 nitrogen and oxygen atoms in total. The molecule has 0 heterocycles. The third kappa shape index (κ3) is 3.25. The Bertz CT molecular complexity index is 401. The van der Waals surface area contributed by atoms with Gasteiger partial charge in [-0.25, -0.2) is 4.39 Å². The van der Waals surface area contributed by atoms with Gasteiger partial charge >= 0.3 is 0 Å². The van der Waals surface area contributed by atoms with E-state index in [0.29, 0.717) is 5.69 Å². The number of nitrogens with one attached hydrogen (secondary N) is 2. The molecule has 1 aromatic carbocycles. The molecule has 1 aromatic rings. The predicted octanol–water partition coefficient (Wildman–Crippen LogP) is 0.879. The number of anilines is 1. The number of aliphatic hydroxyl groups is 1. The normalized spacial score (nSPS) is 16.6. The van der Waals surface area contributed by atoms with Gasteiger partial charge in [-0.15, -0.1) is 0 Å². The lowest BCUT2D eigenvalue weighted by Crippen LogP contribution is -2.40. The van der Waals surface area contributed by atoms with E-state index in [1.165, 1.54) is 24.3 Å². The van der Waals surface area contributed by atoms with Crippen LogP contribution in [0.1, 0.15) is 12.8 Å². The Morgan fingerprint density at radius 2 is 2.00 bits per heavy atom. The maximum Gasteiger partial charge on any atom is 0.238 e. The number of benzene rings is 1. The third-order valence-corrected chi connectivity index (χ3v) is 2.91. The van der Waals surface area contributed by atoms with E-state index in [9.17, 15) is 9.18 Å². The van der Waals surface area contributed by atoms with Gasteiger partial charge in [-0.3, -0.25) is 4.79 Å². The summed E-state index contributed by atoms with van der Waals surface area (Å²) in [7, 11) is 0. The fraction of sp³-hybridized carbons (Fsp3) is 0.417. The van der Waals surface area contributed by atoms with Crippen LogP contribution in [0.4, 0.5) is 10.1 Å². The van der Waals surface area contributed by atoms with E-state index in [4.69, 9.17) is 5.11 Å². The van der Waals surface area contributed by atoms with Crippen molar-refractivity contribution in [2.45, 2.75) is 18.4 Å². The quantitative estimate of drug-likeness (QED) is 0.713. The third-order valence-electron chi connectivity index (χ3n) is 2.91. The van der Waals surface area contributed by atoms with Crippen LogP contribution in [0, 0.1) is 5.82 Å². The fourth-order valence-electron chi connectivity index (χ4n) is 1.55. The van der Waals surface area contributed by atoms with Gasteiger partial charge in [-0.1, -0.05) is 0 Å². The number of hydrogen-bond donors (Lipinski definition) is 3. The molecule has 0 spiro atoms. The van der Waals surface area contributed by atoms with Crippen molar-refractivity contribution in [3.63, 3.8) is 0 Å². The average Bonchev–Trinajstić information content (AvgIpc) is 3.10. The van der Waals surface area contributed by atoms with Gasteiger partial charge in [0.2, 0.25) is 5.91 Å². The Morgan fingerprint density at radius 1 is 1.35 bits per heavy atom. The van der Waals surface area contributed by atoms with Crippen molar-refractivity contribution in [3.05, 3.63) is 30.1 Å². The lowest BCUT2D eigenvalue weighted by molar-refractivity contribution is -0.115. The van der Waals surface area contributed by atoms with Gasteiger partial charge in [0.25, 0.3) is 0 Å². The van der Waals surface area contributed by atoms with E-state index in [-0.39, 0.29) is 30.4 Å². The molecule has 1 amide bonds. The molecule has 17 heavy (non-hydrogen) atoms. The first-order valence-corrected chi connectivity index (χ1v) is 5.55. The van der Waals surface area contributed by atoms with Crippen molar-refractivity contribution >= 4 is 11.6 Å². The van der Waals surface area contributed by atoms with Crippen LogP contribution in [0.5, 0.6) is 0 Å². The molecule has 0 atom stereocenters. The molecule has 0 saturated heterocycles. The van der Waals surface area contributed by atoms with Crippen molar-refractivity contribution in [2.75, 3.05) is 18.5 Å². The number of amides is 1. The van der Waals surface area contributed by atoms with Crippen LogP contribution < -0.4 is 10.6 Å². The summed E-state index contributed by atoms with van der Waals surface area (Å²) in [6.45, 7) is 0.203. The van der Waals surface area contributed by atoms with E-state index in [2.05, 4.69) is 10.6 Å². The molecule has 1 saturated carbocycles. The molecule has 1 fully saturated rings. The molecule has 0 unspecified atom stereocenters. The maximum absolute atomic E-state index is 12.6. The Balaban J connectivity index is 1.79. The monoisotopic (exact) mass is 238 g/mol. The maximum atomic E-state index is 12.6. The van der Waals surface area contributed by atoms with Crippen molar-refractivity contribution in [2.24, 2.45) is 0 Å². The minimum absolute atomic E-state index is 0.0524. The summed E-state index contributed by atoms with van der Waals surface area (Å²) in [6, 6.07) is 5.59. The van der Waals surface area contributed by atoms with E-state index in [1.807, 2.05) is 0 Å². The van der Waals surface area contributed by atoms with E-state index in [1.54, 1.807) is 0 Å². The molecule has 92 valence electrons. The number of carbonyl (C=O) groups excluding carboxylic acids is 1. The highest BCUT2D eigenvalue weighted by atomic mass is 19.1. The molecule has 1 aliphatic carbocycles. The van der Waals surface area contributed by atoms with Crippen LogP contribution in [0.3, 0.4) is 0 Å². The van der Waals surface area contributed by atoms with Crippen LogP contribution in [0.2, 0.25) is 0 Å². The summed E-state index contributed by atoms with van der Waals surface area (Å²) >= 11 is 0. The summed E-state index contributed by atoms with van der Waals surface area (Å²) < 4.78 is 12.6. The van der Waals surface area contributed by atoms with E-state index >= 15 is 0 Å². The molecule has 3 N–H and O–H groups in total. The second kappa shape index (κ2) is 4.81. The number of hydrogen-bond acceptors (Lipinski definition) is 3. The van der Waals surface area contributed by atoms with Crippen LogP contribution in [0.15, 0.2) is 24.3 Å². The van der Waals surface area contributed by atoms with Gasteiger partial charge < -0.3 is 15.7 Å². The Kier molecular flexibility index (Phi) is 3.40. The fourth-order valence-corrected chi connectivity index (χ4v) is 1.55. The first-order valence-electron chi connectivity index (χ1n) is 5.55. The van der Waals surface area contributed by atoms with Gasteiger partial charge in [0, 0.05) is 11.2 Å². The molecular weight excluding hydrogens is 223 g/mol. The molecular formula is C12H15FN2O2. The lowest BCUT2D eigenvalue weighted by atomic mass is 10.3. The largest absolute Gasteiger partial charge is 0.394 e. The summed E-state index contributed by atoms with van der Waals surface area (Å²) in [5, 5.41) is 14.7. The highest BCUT2D eigenvalue weighted by Gasteiger charge is 2.41. The number of halogens is 1. The zero-order valence-electron chi connectivity index (χ0n) is 9.37. The average molecular weight is 238 g/mol. The second-order valence-electron chi connectivity index (χ2n) is 4.35. The van der Waals surface area contributed by atoms with Gasteiger partial charge in [-0.05, 0) is 37.1 Å². The molecule has 0 bridgehead atoms. The van der Waals surface area contributed by atoms with Crippen LogP contribution in [-0.4, -0.2) is 29.7 Å². The molecule has 0 aliphatic heterocycles. The van der Waals surface area contributed by atoms with Crippen LogP contribution in [-0.2, 0) is 4.79 Å². The topological polar surface area (TPSA) is 61.4 Å². The second-order valence-corrected chi connectivity index (χ2v) is 4.35. The highest BCUT2D eigenvalue weighted by Crippen LogP contribution is 2.34. The van der Waals surface area contributed by atoms with Gasteiger partial charge in [0.05, 0.1) is 13.2 Å². The molecule has 0 aromatic heterocycles. The van der Waals surface area contributed by atoms with E-state index in [0.717, 1.165) is 12.8 Å². The summed E-state index contributed by atoms with van der Waals surface area (Å²) in [4.78, 5) is 11.5. The standard InChI is InChI=1S/C12H15FN2O2/c13-9-1-3-10(4-2-9)15-11(17)7-14-12(8-16)5-6-12/h1-4,14,16H,5-8H2,(H,15,17). The summed E-state index contributed by atoms with van der Waals surface area (Å²) in [5.41, 5.74) is 0.312. The number of aliphatic hydroxyl groups excluding tert-OH is 1. The minimum Gasteiger partial charge on any atom is -0.394 e. The predicted molar refractivity (Wildman–Crippen MR) is 62.1 cm³/mol. The van der Waals surface area contributed by atoms with Crippen molar-refractivity contribution < 1.29 is 14.3 Å². The molecule has 5 heteroatoms. The van der Waals surface area contributed by atoms with Crippen molar-refractivity contribution in [3.8, 4) is 0 Å². The number of carbonyl (C=O) groups is 1. The molecule has 2 rings (SSSR count). The summed E-state index contributed by atoms with van der Waals surface area (Å²) in [6.07, 6.45) is 1.79. The first kappa shape index (κ1) is 12.0. The Hall–Kier alpha value is -1.46. The Morgan fingerprint density at radius 3 is 2.53 bits per heavy atom. The Labute approximate surface area is 98.8 Å². The van der Waals surface area contributed by atoms with Gasteiger partial charge in [0.15, 0.2) is 0 Å². The number of rotatable bonds is 5. The molecule has 1 aliphatic rings. The van der Waals surface area contributed by atoms with Gasteiger partial charge in [-0.2, -0.15) is 0 Å². The summed E-state index contributed by atoms with van der Waals surface area (Å²) in [5.74, 6) is -0.533. The van der Waals surface area contributed by atoms with Crippen LogP contribution in [0.25, 0.3) is 0 Å². The first-order chi connectivity index (χ1) is 8.13. The van der Waals surface area contributed by atoms with Crippen LogP contribution >= 0.6 is 0 Å². The lowest BCUT2D eigenvalue weighted by Gasteiger charge is -2.13. The zero-order chi connectivity index (χ0) is 12.3. The smallest absolute Gasteiger partial charge is 0.238 e.